The quantitative estimate of drug-likeness (QED) is 0.656. The molecule has 132 valence electrons. The predicted octanol–water partition coefficient (Wildman–Crippen LogP) is 4.78. The van der Waals surface area contributed by atoms with Gasteiger partial charge in [0.15, 0.2) is 0 Å². The van der Waals surface area contributed by atoms with Crippen LogP contribution >= 0.6 is 22.7 Å². The fourth-order valence-corrected chi connectivity index (χ4v) is 5.31. The molecule has 0 saturated carbocycles. The van der Waals surface area contributed by atoms with Gasteiger partial charge in [-0.2, -0.15) is 0 Å². The maximum Gasteiger partial charge on any atom is 0.241 e. The zero-order valence-corrected chi connectivity index (χ0v) is 16.8. The third-order valence-corrected chi connectivity index (χ3v) is 6.96. The summed E-state index contributed by atoms with van der Waals surface area (Å²) in [5.41, 5.74) is 2.45. The van der Waals surface area contributed by atoms with Gasteiger partial charge < -0.3 is 0 Å². The first kappa shape index (κ1) is 18.3. The van der Waals surface area contributed by atoms with Crippen molar-refractivity contribution in [2.45, 2.75) is 38.1 Å². The topological polar surface area (TPSA) is 59.1 Å². The van der Waals surface area contributed by atoms with Crippen LogP contribution in [0.2, 0.25) is 0 Å². The van der Waals surface area contributed by atoms with Gasteiger partial charge in [-0.3, -0.25) is 0 Å². The Balaban J connectivity index is 1.99. The zero-order chi connectivity index (χ0) is 18.0. The van der Waals surface area contributed by atoms with Crippen LogP contribution in [0.1, 0.15) is 35.2 Å². The molecule has 0 atom stereocenters. The molecule has 0 aliphatic rings. The minimum atomic E-state index is -3.60. The molecule has 3 aromatic rings. The molecule has 0 amide bonds. The number of thiophene rings is 1. The van der Waals surface area contributed by atoms with Crippen molar-refractivity contribution in [1.29, 1.82) is 0 Å². The van der Waals surface area contributed by atoms with E-state index >= 15 is 0 Å². The first-order valence-corrected chi connectivity index (χ1v) is 11.2. The highest BCUT2D eigenvalue weighted by molar-refractivity contribution is 7.89. The van der Waals surface area contributed by atoms with Gasteiger partial charge in [-0.25, -0.2) is 18.1 Å². The highest BCUT2D eigenvalue weighted by Crippen LogP contribution is 2.30. The van der Waals surface area contributed by atoms with Crippen molar-refractivity contribution >= 4 is 32.7 Å². The third-order valence-electron chi connectivity index (χ3n) is 3.86. The van der Waals surface area contributed by atoms with Crippen molar-refractivity contribution < 1.29 is 8.42 Å². The Kier molecular flexibility index (Phi) is 5.38. The first-order valence-electron chi connectivity index (χ1n) is 7.95. The fourth-order valence-electron chi connectivity index (χ4n) is 2.56. The molecule has 1 N–H and O–H groups in total. The molecule has 2 aromatic heterocycles. The van der Waals surface area contributed by atoms with E-state index in [2.05, 4.69) is 9.71 Å². The van der Waals surface area contributed by atoms with E-state index in [1.807, 2.05) is 55.8 Å². The van der Waals surface area contributed by atoms with Crippen LogP contribution in [-0.2, 0) is 16.6 Å². The average Bonchev–Trinajstić information content (AvgIpc) is 3.24. The minimum absolute atomic E-state index is 0.111. The van der Waals surface area contributed by atoms with E-state index in [0.717, 1.165) is 26.7 Å². The molecule has 0 bridgehead atoms. The molecule has 0 aliphatic heterocycles. The molecular formula is C18H20N2O2S3. The lowest BCUT2D eigenvalue weighted by Crippen LogP contribution is -2.24. The van der Waals surface area contributed by atoms with E-state index in [1.54, 1.807) is 17.4 Å². The molecule has 4 nitrogen and oxygen atoms in total. The van der Waals surface area contributed by atoms with Gasteiger partial charge in [-0.1, -0.05) is 32.0 Å². The number of nitrogens with zero attached hydrogens (tertiary/aromatic N) is 1. The lowest BCUT2D eigenvalue weighted by atomic mass is 10.0. The Labute approximate surface area is 156 Å². The van der Waals surface area contributed by atoms with Gasteiger partial charge in [0.05, 0.1) is 15.6 Å². The Morgan fingerprint density at radius 1 is 1.20 bits per heavy atom. The molecule has 0 spiro atoms. The summed E-state index contributed by atoms with van der Waals surface area (Å²) < 4.78 is 28.6. The Morgan fingerprint density at radius 2 is 2.00 bits per heavy atom. The summed E-state index contributed by atoms with van der Waals surface area (Å²) >= 11 is 3.09. The number of nitrogens with one attached hydrogen (secondary N) is 1. The smallest absolute Gasteiger partial charge is 0.241 e. The van der Waals surface area contributed by atoms with E-state index in [0.29, 0.717) is 11.4 Å². The summed E-state index contributed by atoms with van der Waals surface area (Å²) in [6, 6.07) is 9.42. The van der Waals surface area contributed by atoms with Gasteiger partial charge in [0.25, 0.3) is 0 Å². The molecule has 1 aromatic carbocycles. The van der Waals surface area contributed by atoms with Crippen molar-refractivity contribution in [3.05, 3.63) is 56.5 Å². The third kappa shape index (κ3) is 4.17. The van der Waals surface area contributed by atoms with E-state index < -0.39 is 10.0 Å². The second kappa shape index (κ2) is 7.37. The van der Waals surface area contributed by atoms with Crippen LogP contribution in [0.25, 0.3) is 11.3 Å². The lowest BCUT2D eigenvalue weighted by molar-refractivity contribution is 0.579. The summed E-state index contributed by atoms with van der Waals surface area (Å²) in [6.45, 7) is 6.25. The van der Waals surface area contributed by atoms with Crippen molar-refractivity contribution in [3.8, 4) is 11.3 Å². The Hall–Kier alpha value is -1.54. The number of aryl methyl sites for hydroxylation is 1. The number of sulfonamides is 1. The number of benzene rings is 1. The highest BCUT2D eigenvalue weighted by Gasteiger charge is 2.21. The van der Waals surface area contributed by atoms with Gasteiger partial charge in [0.1, 0.15) is 0 Å². The normalized spacial score (nSPS) is 12.0. The van der Waals surface area contributed by atoms with Crippen molar-refractivity contribution in [1.82, 2.24) is 9.71 Å². The average molecular weight is 393 g/mol. The maximum atomic E-state index is 12.9. The number of rotatable bonds is 6. The van der Waals surface area contributed by atoms with Crippen LogP contribution in [0.3, 0.4) is 0 Å². The number of thiazole rings is 1. The number of hydrogen-bond donors (Lipinski definition) is 1. The molecule has 0 unspecified atom stereocenters. The van der Waals surface area contributed by atoms with Crippen molar-refractivity contribution in [2.75, 3.05) is 0 Å². The molecule has 2 heterocycles. The minimum Gasteiger partial charge on any atom is -0.242 e. The van der Waals surface area contributed by atoms with Crippen molar-refractivity contribution in [2.24, 2.45) is 0 Å². The lowest BCUT2D eigenvalue weighted by Gasteiger charge is -2.15. The summed E-state index contributed by atoms with van der Waals surface area (Å²) in [7, 11) is -3.60. The Bertz CT molecular complexity index is 958. The van der Waals surface area contributed by atoms with Crippen LogP contribution in [-0.4, -0.2) is 13.4 Å². The second-order valence-electron chi connectivity index (χ2n) is 6.06. The predicted molar refractivity (Wildman–Crippen MR) is 105 cm³/mol. The van der Waals surface area contributed by atoms with Crippen LogP contribution in [0, 0.1) is 6.92 Å². The number of hydrogen-bond acceptors (Lipinski definition) is 5. The standard InChI is InChI=1S/C18H20N2O2S3/c1-12(2)16-7-6-14(17-11-24-13(3)20-17)9-18(16)25(21,22)19-10-15-5-4-8-23-15/h4-9,11-12,19H,10H2,1-3H3. The molecule has 0 aliphatic carbocycles. The van der Waals surface area contributed by atoms with E-state index in [4.69, 9.17) is 0 Å². The fraction of sp³-hybridized carbons (Fsp3) is 0.278. The summed E-state index contributed by atoms with van der Waals surface area (Å²) in [5.74, 6) is 0.111. The summed E-state index contributed by atoms with van der Waals surface area (Å²) in [6.07, 6.45) is 0. The highest BCUT2D eigenvalue weighted by atomic mass is 32.2. The van der Waals surface area contributed by atoms with Crippen LogP contribution in [0.15, 0.2) is 46.0 Å². The zero-order valence-electron chi connectivity index (χ0n) is 14.3. The van der Waals surface area contributed by atoms with Crippen molar-refractivity contribution in [3.63, 3.8) is 0 Å². The van der Waals surface area contributed by atoms with Gasteiger partial charge in [-0.15, -0.1) is 22.7 Å². The molecule has 0 radical (unpaired) electrons. The molecule has 25 heavy (non-hydrogen) atoms. The molecular weight excluding hydrogens is 372 g/mol. The second-order valence-corrected chi connectivity index (χ2v) is 9.89. The molecule has 0 fully saturated rings. The molecule has 0 saturated heterocycles. The van der Waals surface area contributed by atoms with Gasteiger partial charge in [0.2, 0.25) is 10.0 Å². The van der Waals surface area contributed by atoms with Crippen LogP contribution in [0.4, 0.5) is 0 Å². The maximum absolute atomic E-state index is 12.9. The van der Waals surface area contributed by atoms with Crippen LogP contribution < -0.4 is 4.72 Å². The van der Waals surface area contributed by atoms with Gasteiger partial charge in [-0.05, 0) is 35.9 Å². The Morgan fingerprint density at radius 3 is 2.60 bits per heavy atom. The largest absolute Gasteiger partial charge is 0.242 e. The molecule has 3 rings (SSSR count). The SMILES string of the molecule is Cc1nc(-c2ccc(C(C)C)c(S(=O)(=O)NCc3cccs3)c2)cs1. The van der Waals surface area contributed by atoms with E-state index in [1.165, 1.54) is 11.3 Å². The van der Waals surface area contributed by atoms with Gasteiger partial charge in [0, 0.05) is 22.4 Å². The van der Waals surface area contributed by atoms with E-state index in [-0.39, 0.29) is 5.92 Å². The summed E-state index contributed by atoms with van der Waals surface area (Å²) in [4.78, 5) is 5.79. The molecule has 7 heteroatoms. The van der Waals surface area contributed by atoms with E-state index in [9.17, 15) is 8.42 Å². The monoisotopic (exact) mass is 392 g/mol. The summed E-state index contributed by atoms with van der Waals surface area (Å²) in [5, 5.41) is 4.85. The van der Waals surface area contributed by atoms with Crippen LogP contribution in [0.5, 0.6) is 0 Å². The van der Waals surface area contributed by atoms with Gasteiger partial charge >= 0.3 is 0 Å². The first-order chi connectivity index (χ1) is 11.9. The number of aromatic nitrogens is 1.